The summed E-state index contributed by atoms with van der Waals surface area (Å²) in [6.07, 6.45) is 0. The molecular formula is C55H33N3O. The highest BCUT2D eigenvalue weighted by molar-refractivity contribution is 6.32. The minimum atomic E-state index is 0.618. The highest BCUT2D eigenvalue weighted by atomic mass is 16.3. The van der Waals surface area contributed by atoms with E-state index in [0.717, 1.165) is 87.8 Å². The smallest absolute Gasteiger partial charge is 0.164 e. The lowest BCUT2D eigenvalue weighted by molar-refractivity contribution is 0.674. The van der Waals surface area contributed by atoms with Crippen LogP contribution >= 0.6 is 0 Å². The molecule has 0 aliphatic rings. The van der Waals surface area contributed by atoms with Crippen LogP contribution in [0.5, 0.6) is 0 Å². The Morgan fingerprint density at radius 1 is 0.271 bits per heavy atom. The SMILES string of the molecule is c1ccc(-c2cccc(-c3nc(-c4ccccc4)nc(-c4ccc5c(c4)c4ccccc4c4ccc6c7cccc(-c8ccc9ccccc9c8)c7oc6c45)n3)c2)cc1. The minimum Gasteiger partial charge on any atom is -0.455 e. The maximum atomic E-state index is 7.07. The molecule has 0 unspecified atom stereocenters. The number of rotatable bonds is 5. The van der Waals surface area contributed by atoms with Crippen molar-refractivity contribution in [1.82, 2.24) is 15.0 Å². The van der Waals surface area contributed by atoms with Gasteiger partial charge in [-0.1, -0.05) is 176 Å². The zero-order valence-corrected chi connectivity index (χ0v) is 31.8. The van der Waals surface area contributed by atoms with E-state index in [0.29, 0.717) is 17.5 Å². The van der Waals surface area contributed by atoms with Gasteiger partial charge in [0.2, 0.25) is 0 Å². The summed E-state index contributed by atoms with van der Waals surface area (Å²) >= 11 is 0. The molecule has 0 saturated heterocycles. The first-order chi connectivity index (χ1) is 29.2. The first-order valence-corrected chi connectivity index (χ1v) is 19.9. The standard InChI is InChI=1S/C55H33N3O/c1-3-13-34(14-4-1)38-19-11-20-40(32-38)54-56-53(36-16-5-2-6-17-36)57-55(58-54)41-27-28-46-49(33-41)44-22-10-9-21-43(44)45-29-30-48-47-24-12-23-42(51(47)59-52(48)50(45)46)39-26-25-35-15-7-8-18-37(35)31-39/h1-33H. The second-order valence-electron chi connectivity index (χ2n) is 15.1. The molecule has 0 fully saturated rings. The third kappa shape index (κ3) is 5.49. The average molecular weight is 752 g/mol. The summed E-state index contributed by atoms with van der Waals surface area (Å²) in [5, 5.41) is 11.5. The first kappa shape index (κ1) is 33.2. The Morgan fingerprint density at radius 3 is 1.59 bits per heavy atom. The van der Waals surface area contributed by atoms with E-state index in [2.05, 4.69) is 164 Å². The molecular weight excluding hydrogens is 719 g/mol. The molecule has 0 N–H and O–H groups in total. The van der Waals surface area contributed by atoms with Crippen molar-refractivity contribution >= 4 is 65.0 Å². The number of para-hydroxylation sites is 1. The van der Waals surface area contributed by atoms with Crippen molar-refractivity contribution in [2.75, 3.05) is 0 Å². The van der Waals surface area contributed by atoms with E-state index < -0.39 is 0 Å². The van der Waals surface area contributed by atoms with Gasteiger partial charge in [0.05, 0.1) is 0 Å². The van der Waals surface area contributed by atoms with Gasteiger partial charge in [0.25, 0.3) is 0 Å². The van der Waals surface area contributed by atoms with Crippen LogP contribution in [-0.2, 0) is 0 Å². The second-order valence-corrected chi connectivity index (χ2v) is 15.1. The maximum Gasteiger partial charge on any atom is 0.164 e. The highest BCUT2D eigenvalue weighted by Crippen LogP contribution is 2.44. The summed E-state index contributed by atoms with van der Waals surface area (Å²) in [6, 6.07) is 70.4. The normalized spacial score (nSPS) is 11.7. The van der Waals surface area contributed by atoms with E-state index in [4.69, 9.17) is 19.4 Å². The molecule has 4 heteroatoms. The molecule has 0 spiro atoms. The van der Waals surface area contributed by atoms with Gasteiger partial charge in [-0.15, -0.1) is 0 Å². The van der Waals surface area contributed by atoms with Crippen LogP contribution in [0.4, 0.5) is 0 Å². The summed E-state index contributed by atoms with van der Waals surface area (Å²) in [5.41, 5.74) is 9.03. The molecule has 12 rings (SSSR count). The molecule has 12 aromatic rings. The van der Waals surface area contributed by atoms with Crippen LogP contribution in [0.1, 0.15) is 0 Å². The van der Waals surface area contributed by atoms with E-state index in [-0.39, 0.29) is 0 Å². The van der Waals surface area contributed by atoms with Gasteiger partial charge in [-0.25, -0.2) is 15.0 Å². The van der Waals surface area contributed by atoms with Crippen molar-refractivity contribution in [1.29, 1.82) is 0 Å². The molecule has 2 heterocycles. The number of benzene rings is 10. The lowest BCUT2D eigenvalue weighted by atomic mass is 9.92. The monoisotopic (exact) mass is 751 g/mol. The number of nitrogens with zero attached hydrogens (tertiary/aromatic N) is 3. The molecule has 0 aliphatic carbocycles. The zero-order chi connectivity index (χ0) is 38.9. The number of aromatic nitrogens is 3. The second kappa shape index (κ2) is 13.3. The van der Waals surface area contributed by atoms with Gasteiger partial charge in [-0.2, -0.15) is 0 Å². The zero-order valence-electron chi connectivity index (χ0n) is 31.8. The maximum absolute atomic E-state index is 7.07. The van der Waals surface area contributed by atoms with Gasteiger partial charge in [0.15, 0.2) is 17.5 Å². The van der Waals surface area contributed by atoms with Crippen LogP contribution < -0.4 is 0 Å². The molecule has 59 heavy (non-hydrogen) atoms. The molecule has 274 valence electrons. The molecule has 4 nitrogen and oxygen atoms in total. The van der Waals surface area contributed by atoms with Crippen LogP contribution in [-0.4, -0.2) is 15.0 Å². The van der Waals surface area contributed by atoms with Crippen molar-refractivity contribution in [3.05, 3.63) is 200 Å². The Hall–Kier alpha value is -7.95. The van der Waals surface area contributed by atoms with Crippen LogP contribution in [0.3, 0.4) is 0 Å². The van der Waals surface area contributed by atoms with E-state index >= 15 is 0 Å². The molecule has 0 bridgehead atoms. The summed E-state index contributed by atoms with van der Waals surface area (Å²) in [6.45, 7) is 0. The summed E-state index contributed by atoms with van der Waals surface area (Å²) in [4.78, 5) is 15.4. The summed E-state index contributed by atoms with van der Waals surface area (Å²) in [7, 11) is 0. The van der Waals surface area contributed by atoms with E-state index in [9.17, 15) is 0 Å². The van der Waals surface area contributed by atoms with Crippen LogP contribution in [0.15, 0.2) is 205 Å². The average Bonchev–Trinajstić information content (AvgIpc) is 3.71. The van der Waals surface area contributed by atoms with E-state index in [1.807, 2.05) is 36.4 Å². The van der Waals surface area contributed by atoms with Crippen molar-refractivity contribution in [2.24, 2.45) is 0 Å². The van der Waals surface area contributed by atoms with Gasteiger partial charge in [-0.05, 0) is 78.7 Å². The molecule has 0 atom stereocenters. The predicted octanol–water partition coefficient (Wildman–Crippen LogP) is 14.7. The summed E-state index contributed by atoms with van der Waals surface area (Å²) in [5.74, 6) is 1.87. The Kier molecular flexibility index (Phi) is 7.50. The van der Waals surface area contributed by atoms with Gasteiger partial charge in [-0.3, -0.25) is 0 Å². The van der Waals surface area contributed by atoms with Crippen molar-refractivity contribution in [3.63, 3.8) is 0 Å². The van der Waals surface area contributed by atoms with Gasteiger partial charge in [0.1, 0.15) is 11.2 Å². The predicted molar refractivity (Wildman–Crippen MR) is 244 cm³/mol. The molecule has 0 aliphatic heterocycles. The van der Waals surface area contributed by atoms with Gasteiger partial charge in [0, 0.05) is 38.4 Å². The van der Waals surface area contributed by atoms with E-state index in [1.54, 1.807) is 0 Å². The fourth-order valence-corrected chi connectivity index (χ4v) is 8.83. The lowest BCUT2D eigenvalue weighted by Crippen LogP contribution is -2.00. The summed E-state index contributed by atoms with van der Waals surface area (Å²) < 4.78 is 7.07. The minimum absolute atomic E-state index is 0.618. The fourth-order valence-electron chi connectivity index (χ4n) is 8.83. The topological polar surface area (TPSA) is 51.8 Å². The number of fused-ring (bicyclic) bond motifs is 11. The van der Waals surface area contributed by atoms with Gasteiger partial charge >= 0.3 is 0 Å². The fraction of sp³-hybridized carbons (Fsp3) is 0. The Morgan fingerprint density at radius 2 is 0.797 bits per heavy atom. The molecule has 2 aromatic heterocycles. The largest absolute Gasteiger partial charge is 0.455 e. The van der Waals surface area contributed by atoms with Crippen molar-refractivity contribution in [2.45, 2.75) is 0 Å². The molecule has 0 amide bonds. The molecule has 0 saturated carbocycles. The van der Waals surface area contributed by atoms with Crippen molar-refractivity contribution < 1.29 is 4.42 Å². The van der Waals surface area contributed by atoms with Crippen LogP contribution in [0.25, 0.3) is 121 Å². The molecule has 10 aromatic carbocycles. The van der Waals surface area contributed by atoms with Crippen molar-refractivity contribution in [3.8, 4) is 56.4 Å². The first-order valence-electron chi connectivity index (χ1n) is 19.9. The third-order valence-corrected chi connectivity index (χ3v) is 11.7. The third-order valence-electron chi connectivity index (χ3n) is 11.7. The number of hydrogen-bond acceptors (Lipinski definition) is 4. The van der Waals surface area contributed by atoms with Crippen LogP contribution in [0.2, 0.25) is 0 Å². The number of hydrogen-bond donors (Lipinski definition) is 0. The van der Waals surface area contributed by atoms with Gasteiger partial charge < -0.3 is 4.42 Å². The Bertz CT molecular complexity index is 3610. The number of furan rings is 1. The van der Waals surface area contributed by atoms with E-state index in [1.165, 1.54) is 16.2 Å². The quantitative estimate of drug-likeness (QED) is 0.164. The molecule has 0 radical (unpaired) electrons. The lowest BCUT2D eigenvalue weighted by Gasteiger charge is -2.13. The highest BCUT2D eigenvalue weighted by Gasteiger charge is 2.20. The Balaban J connectivity index is 1.08. The Labute approximate surface area is 339 Å². The van der Waals surface area contributed by atoms with Crippen LogP contribution in [0, 0.1) is 0 Å².